The van der Waals surface area contributed by atoms with Crippen LogP contribution in [0.15, 0.2) is 34.9 Å². The van der Waals surface area contributed by atoms with E-state index in [0.717, 1.165) is 17.7 Å². The second-order valence-corrected chi connectivity index (χ2v) is 6.28. The third kappa shape index (κ3) is 4.17. The number of hydrogen-bond acceptors (Lipinski definition) is 4. The van der Waals surface area contributed by atoms with Gasteiger partial charge in [0.1, 0.15) is 17.5 Å². The Balaban J connectivity index is 1.57. The molecule has 0 radical (unpaired) electrons. The molecule has 1 aliphatic heterocycles. The van der Waals surface area contributed by atoms with Gasteiger partial charge in [-0.3, -0.25) is 4.79 Å². The van der Waals surface area contributed by atoms with Crippen LogP contribution in [0.2, 0.25) is 0 Å². The van der Waals surface area contributed by atoms with Gasteiger partial charge in [0.05, 0.1) is 6.54 Å². The van der Waals surface area contributed by atoms with Crippen LogP contribution in [0, 0.1) is 13.8 Å². The molecule has 1 atom stereocenters. The molecule has 0 unspecified atom stereocenters. The molecule has 0 bridgehead atoms. The number of amides is 3. The van der Waals surface area contributed by atoms with Crippen molar-refractivity contribution in [2.75, 3.05) is 11.4 Å². The van der Waals surface area contributed by atoms with Gasteiger partial charge in [0, 0.05) is 18.3 Å². The van der Waals surface area contributed by atoms with Crippen LogP contribution in [0.1, 0.15) is 29.9 Å². The Labute approximate surface area is 146 Å². The lowest BCUT2D eigenvalue weighted by Gasteiger charge is -2.32. The molecule has 2 aromatic rings. The number of carbonyl (C=O) groups excluding carboxylic acids is 2. The minimum atomic E-state index is -0.519. The van der Waals surface area contributed by atoms with Gasteiger partial charge in [0.2, 0.25) is 5.91 Å². The summed E-state index contributed by atoms with van der Waals surface area (Å²) < 4.78 is 4.95. The van der Waals surface area contributed by atoms with E-state index in [1.165, 1.54) is 0 Å². The van der Waals surface area contributed by atoms with Crippen LogP contribution in [0.3, 0.4) is 0 Å². The Morgan fingerprint density at radius 3 is 2.76 bits per heavy atom. The van der Waals surface area contributed by atoms with Crippen LogP contribution in [-0.2, 0) is 11.3 Å². The number of rotatable bonds is 4. The van der Waals surface area contributed by atoms with E-state index in [9.17, 15) is 9.59 Å². The lowest BCUT2D eigenvalue weighted by atomic mass is 10.0. The predicted molar refractivity (Wildman–Crippen MR) is 93.2 cm³/mol. The van der Waals surface area contributed by atoms with Gasteiger partial charge >= 0.3 is 6.03 Å². The summed E-state index contributed by atoms with van der Waals surface area (Å²) in [6.45, 7) is 4.72. The van der Waals surface area contributed by atoms with Crippen molar-refractivity contribution >= 4 is 17.6 Å². The highest BCUT2D eigenvalue weighted by Crippen LogP contribution is 2.21. The molecule has 1 aromatic carbocycles. The number of hydrogen-bond donors (Lipinski definition) is 2. The van der Waals surface area contributed by atoms with E-state index in [1.54, 1.807) is 17.9 Å². The molecule has 1 saturated heterocycles. The van der Waals surface area contributed by atoms with Gasteiger partial charge in [-0.25, -0.2) is 4.79 Å². The summed E-state index contributed by atoms with van der Waals surface area (Å²) in [6.07, 6.45) is 1.48. The number of piperidine rings is 1. The van der Waals surface area contributed by atoms with E-state index >= 15 is 0 Å². The molecule has 0 aliphatic carbocycles. The summed E-state index contributed by atoms with van der Waals surface area (Å²) in [4.78, 5) is 26.5. The normalized spacial score (nSPS) is 17.4. The number of benzene rings is 1. The average Bonchev–Trinajstić information content (AvgIpc) is 3.01. The molecule has 1 aliphatic rings. The lowest BCUT2D eigenvalue weighted by molar-refractivity contribution is -0.121. The molecular weight excluding hydrogens is 320 g/mol. The van der Waals surface area contributed by atoms with Crippen molar-refractivity contribution in [3.05, 3.63) is 47.3 Å². The molecule has 1 aromatic heterocycles. The van der Waals surface area contributed by atoms with Gasteiger partial charge < -0.3 is 20.1 Å². The first-order valence-electron chi connectivity index (χ1n) is 8.37. The maximum absolute atomic E-state index is 12.7. The fourth-order valence-electron chi connectivity index (χ4n) is 2.87. The Bertz CT molecular complexity index is 754. The van der Waals surface area contributed by atoms with Crippen molar-refractivity contribution in [3.63, 3.8) is 0 Å². The molecule has 25 heavy (non-hydrogen) atoms. The van der Waals surface area contributed by atoms with Crippen molar-refractivity contribution in [1.82, 2.24) is 15.8 Å². The van der Waals surface area contributed by atoms with Gasteiger partial charge in [-0.1, -0.05) is 22.9 Å². The minimum Gasteiger partial charge on any atom is -0.361 e. The minimum absolute atomic E-state index is 0.0810. The van der Waals surface area contributed by atoms with Crippen molar-refractivity contribution in [3.8, 4) is 0 Å². The highest BCUT2D eigenvalue weighted by molar-refractivity contribution is 5.99. The first kappa shape index (κ1) is 17.0. The molecule has 1 fully saturated rings. The highest BCUT2D eigenvalue weighted by Gasteiger charge is 2.30. The van der Waals surface area contributed by atoms with Crippen molar-refractivity contribution in [2.24, 2.45) is 0 Å². The SMILES string of the molecule is Cc1ccc(N2CCC[C@H](NC(=O)NCc3cc(C)on3)C2=O)cc1. The molecule has 0 saturated carbocycles. The number of anilines is 1. The first-order chi connectivity index (χ1) is 12.0. The van der Waals surface area contributed by atoms with Gasteiger partial charge in [-0.2, -0.15) is 0 Å². The predicted octanol–water partition coefficient (Wildman–Crippen LogP) is 2.29. The smallest absolute Gasteiger partial charge is 0.315 e. The van der Waals surface area contributed by atoms with Crippen molar-refractivity contribution in [1.29, 1.82) is 0 Å². The zero-order valence-electron chi connectivity index (χ0n) is 14.4. The van der Waals surface area contributed by atoms with Crippen LogP contribution in [0.5, 0.6) is 0 Å². The zero-order chi connectivity index (χ0) is 17.8. The van der Waals surface area contributed by atoms with Gasteiger partial charge in [0.25, 0.3) is 0 Å². The Morgan fingerprint density at radius 2 is 2.08 bits per heavy atom. The average molecular weight is 342 g/mol. The van der Waals surface area contributed by atoms with Gasteiger partial charge in [0.15, 0.2) is 0 Å². The molecule has 2 N–H and O–H groups in total. The number of aromatic nitrogens is 1. The van der Waals surface area contributed by atoms with Gasteiger partial charge in [-0.05, 0) is 38.8 Å². The van der Waals surface area contributed by atoms with Crippen LogP contribution in [0.25, 0.3) is 0 Å². The number of aryl methyl sites for hydroxylation is 2. The van der Waals surface area contributed by atoms with Crippen LogP contribution in [-0.4, -0.2) is 29.7 Å². The van der Waals surface area contributed by atoms with E-state index in [2.05, 4.69) is 15.8 Å². The standard InChI is InChI=1S/C18H22N4O3/c1-12-5-7-15(8-6-12)22-9-3-4-16(17(22)23)20-18(24)19-11-14-10-13(2)25-21-14/h5-8,10,16H,3-4,9,11H2,1-2H3,(H2,19,20,24)/t16-/m0/s1. The van der Waals surface area contributed by atoms with Crippen LogP contribution in [0.4, 0.5) is 10.5 Å². The largest absolute Gasteiger partial charge is 0.361 e. The number of nitrogens with zero attached hydrogens (tertiary/aromatic N) is 2. The summed E-state index contributed by atoms with van der Waals surface area (Å²) in [7, 11) is 0. The maximum Gasteiger partial charge on any atom is 0.315 e. The Kier molecular flexibility index (Phi) is 5.02. The quantitative estimate of drug-likeness (QED) is 0.892. The maximum atomic E-state index is 12.7. The first-order valence-corrected chi connectivity index (χ1v) is 8.37. The summed E-state index contributed by atoms with van der Waals surface area (Å²) in [6, 6.07) is 8.67. The molecule has 3 rings (SSSR count). The Morgan fingerprint density at radius 1 is 1.32 bits per heavy atom. The molecule has 0 spiro atoms. The van der Waals surface area contributed by atoms with E-state index in [1.807, 2.05) is 31.2 Å². The number of carbonyl (C=O) groups is 2. The summed E-state index contributed by atoms with van der Waals surface area (Å²) in [5, 5.41) is 9.27. The van der Waals surface area contributed by atoms with Crippen molar-refractivity contribution in [2.45, 2.75) is 39.3 Å². The summed E-state index contributed by atoms with van der Waals surface area (Å²) in [5.74, 6) is 0.607. The highest BCUT2D eigenvalue weighted by atomic mass is 16.5. The summed E-state index contributed by atoms with van der Waals surface area (Å²) in [5.41, 5.74) is 2.65. The molecule has 132 valence electrons. The van der Waals surface area contributed by atoms with Gasteiger partial charge in [-0.15, -0.1) is 0 Å². The Hall–Kier alpha value is -2.83. The fourth-order valence-corrected chi connectivity index (χ4v) is 2.87. The van der Waals surface area contributed by atoms with E-state index in [4.69, 9.17) is 4.52 Å². The number of nitrogens with one attached hydrogen (secondary N) is 2. The second kappa shape index (κ2) is 7.38. The van der Waals surface area contributed by atoms with Crippen LogP contribution >= 0.6 is 0 Å². The van der Waals surface area contributed by atoms with Crippen molar-refractivity contribution < 1.29 is 14.1 Å². The molecule has 7 nitrogen and oxygen atoms in total. The summed E-state index contributed by atoms with van der Waals surface area (Å²) >= 11 is 0. The monoisotopic (exact) mass is 342 g/mol. The zero-order valence-corrected chi connectivity index (χ0v) is 14.4. The van der Waals surface area contributed by atoms with E-state index in [-0.39, 0.29) is 18.5 Å². The molecule has 2 heterocycles. The van der Waals surface area contributed by atoms with E-state index < -0.39 is 6.04 Å². The third-order valence-corrected chi connectivity index (χ3v) is 4.20. The lowest BCUT2D eigenvalue weighted by Crippen LogP contribution is -2.54. The fraction of sp³-hybridized carbons (Fsp3) is 0.389. The topological polar surface area (TPSA) is 87.5 Å². The molecule has 3 amide bonds. The third-order valence-electron chi connectivity index (χ3n) is 4.20. The van der Waals surface area contributed by atoms with Crippen LogP contribution < -0.4 is 15.5 Å². The van der Waals surface area contributed by atoms with E-state index in [0.29, 0.717) is 24.4 Å². The second-order valence-electron chi connectivity index (χ2n) is 6.28. The molecule has 7 heteroatoms. The molecular formula is C18H22N4O3. The number of urea groups is 1.